The van der Waals surface area contributed by atoms with E-state index in [0.717, 1.165) is 0 Å². The molecule has 0 radical (unpaired) electrons. The quantitative estimate of drug-likeness (QED) is 0.366. The van der Waals surface area contributed by atoms with E-state index in [9.17, 15) is 8.42 Å². The summed E-state index contributed by atoms with van der Waals surface area (Å²) in [5.74, 6) is 0. The van der Waals surface area contributed by atoms with Crippen molar-refractivity contribution in [1.82, 2.24) is 0 Å². The number of hydrogen-bond donors (Lipinski definition) is 3. The molecule has 104 valence electrons. The maximum atomic E-state index is 9.19. The predicted octanol–water partition coefficient (Wildman–Crippen LogP) is -4.94. The highest BCUT2D eigenvalue weighted by Crippen LogP contribution is 1.62. The Labute approximate surface area is 90.7 Å². The molecule has 0 saturated carbocycles. The normalized spacial score (nSPS) is 7.73. The first-order chi connectivity index (χ1) is 4.00. The van der Waals surface area contributed by atoms with Gasteiger partial charge in [-0.1, -0.05) is 0 Å². The first-order valence-electron chi connectivity index (χ1n) is 1.62. The third-order valence-corrected chi connectivity index (χ3v) is 0. The summed E-state index contributed by atoms with van der Waals surface area (Å²) in [6.45, 7) is 0. The van der Waals surface area contributed by atoms with Crippen molar-refractivity contribution < 1.29 is 53.7 Å². The van der Waals surface area contributed by atoms with Crippen LogP contribution in [0.3, 0.4) is 0 Å². The monoisotopic (exact) mass is 300 g/mol. The molecule has 0 heterocycles. The second-order valence-electron chi connectivity index (χ2n) is 1.18. The van der Waals surface area contributed by atoms with E-state index in [2.05, 4.69) is 11.2 Å². The van der Waals surface area contributed by atoms with Crippen LogP contribution in [-0.2, 0) is 30.4 Å². The summed E-state index contributed by atoms with van der Waals surface area (Å²) in [6, 6.07) is 0. The van der Waals surface area contributed by atoms with E-state index in [0.29, 0.717) is 6.26 Å². The van der Waals surface area contributed by atoms with E-state index in [1.165, 1.54) is 0 Å². The van der Waals surface area contributed by atoms with Crippen LogP contribution in [0.4, 0.5) is 0 Å². The average Bonchev–Trinajstić information content (AvgIpc) is 1.12. The summed E-state index contributed by atoms with van der Waals surface area (Å²) in [5.41, 5.74) is 0. The fourth-order valence-corrected chi connectivity index (χ4v) is 0. The van der Waals surface area contributed by atoms with Crippen LogP contribution >= 0.6 is 0 Å². The van der Waals surface area contributed by atoms with Crippen LogP contribution in [0.2, 0.25) is 0 Å². The Morgan fingerprint density at radius 3 is 0.800 bits per heavy atom. The Bertz CT molecular complexity index is 212. The van der Waals surface area contributed by atoms with Gasteiger partial charge in [-0.25, -0.2) is 0 Å². The van der Waals surface area contributed by atoms with Crippen LogP contribution in [-0.4, -0.2) is 59.9 Å². The molecule has 0 saturated heterocycles. The topological polar surface area (TPSA) is 269 Å². The molecule has 0 unspecified atom stereocenters. The Balaban J connectivity index is -0.0000000128. The standard InChI is InChI=1S/CH4O3S.H2O3S2.5H2O/c2*1-5(2,3)4;;;;;/h1H3,(H,2,3,4);(H2,1,2,3,4);5*1H2. The second-order valence-corrected chi connectivity index (χ2v) is 4.85. The largest absolute Gasteiger partial charge is 0.412 e. The van der Waals surface area contributed by atoms with Crippen molar-refractivity contribution in [3.05, 3.63) is 0 Å². The molecule has 0 aliphatic carbocycles. The molecular formula is CH16O11S3. The fourth-order valence-electron chi connectivity index (χ4n) is 0. The summed E-state index contributed by atoms with van der Waals surface area (Å²) < 4.78 is 49.8. The summed E-state index contributed by atoms with van der Waals surface area (Å²) in [6.07, 6.45) is 0.715. The van der Waals surface area contributed by atoms with Gasteiger partial charge in [0.15, 0.2) is 0 Å². The van der Waals surface area contributed by atoms with Gasteiger partial charge in [-0.3, -0.25) is 13.7 Å². The van der Waals surface area contributed by atoms with Gasteiger partial charge in [0.05, 0.1) is 6.26 Å². The van der Waals surface area contributed by atoms with Crippen molar-refractivity contribution in [2.24, 2.45) is 0 Å². The molecule has 0 rings (SSSR count). The van der Waals surface area contributed by atoms with Crippen molar-refractivity contribution in [3.8, 4) is 0 Å². The molecule has 0 aliphatic heterocycles. The van der Waals surface area contributed by atoms with Gasteiger partial charge in [0.1, 0.15) is 0 Å². The van der Waals surface area contributed by atoms with Crippen LogP contribution in [0.5, 0.6) is 0 Å². The SMILES string of the molecule is CS(=O)(=O)O.O.O.O.O.O.O=S(O)(O)=S. The Kier molecular flexibility index (Phi) is 50.3. The van der Waals surface area contributed by atoms with Crippen molar-refractivity contribution in [1.29, 1.82) is 0 Å². The summed E-state index contributed by atoms with van der Waals surface area (Å²) in [5, 5.41) is 0. The highest BCUT2D eigenvalue weighted by molar-refractivity contribution is 8.26. The third kappa shape index (κ3) is 291000000000000008950204566276669440. The Morgan fingerprint density at radius 1 is 0.800 bits per heavy atom. The van der Waals surface area contributed by atoms with Gasteiger partial charge in [-0.2, -0.15) is 12.6 Å². The molecule has 14 heteroatoms. The molecule has 0 aromatic rings. The van der Waals surface area contributed by atoms with E-state index in [1.54, 1.807) is 0 Å². The third-order valence-electron chi connectivity index (χ3n) is 0. The van der Waals surface area contributed by atoms with E-state index < -0.39 is 19.2 Å². The van der Waals surface area contributed by atoms with Crippen LogP contribution in [0, 0.1) is 0 Å². The van der Waals surface area contributed by atoms with Gasteiger partial charge in [0.25, 0.3) is 19.2 Å². The molecule has 0 aromatic heterocycles. The van der Waals surface area contributed by atoms with E-state index >= 15 is 0 Å². The molecule has 0 fully saturated rings. The molecule has 0 aliphatic rings. The average molecular weight is 300 g/mol. The number of rotatable bonds is 0. The smallest absolute Gasteiger partial charge is 0.263 e. The molecule has 13 N–H and O–H groups in total. The second kappa shape index (κ2) is 16.4. The zero-order valence-electron chi connectivity index (χ0n) is 7.29. The maximum Gasteiger partial charge on any atom is 0.263 e. The Morgan fingerprint density at radius 2 is 0.800 bits per heavy atom. The molecule has 11 nitrogen and oxygen atoms in total. The molecule has 0 bridgehead atoms. The first kappa shape index (κ1) is 45.9. The van der Waals surface area contributed by atoms with Gasteiger partial charge in [-0.05, 0) is 0 Å². The predicted molar refractivity (Wildman–Crippen MR) is 56.3 cm³/mol. The summed E-state index contributed by atoms with van der Waals surface area (Å²) in [7, 11) is -7.50. The zero-order chi connectivity index (χ0) is 9.00. The van der Waals surface area contributed by atoms with Gasteiger partial charge >= 0.3 is 0 Å². The minimum Gasteiger partial charge on any atom is -0.412 e. The molecule has 0 aromatic carbocycles. The van der Waals surface area contributed by atoms with Crippen molar-refractivity contribution in [2.45, 2.75) is 0 Å². The van der Waals surface area contributed by atoms with Crippen molar-refractivity contribution in [3.63, 3.8) is 0 Å². The summed E-state index contributed by atoms with van der Waals surface area (Å²) >= 11 is 3.47. The lowest BCUT2D eigenvalue weighted by Crippen LogP contribution is -1.88. The maximum absolute atomic E-state index is 9.19. The minimum absolute atomic E-state index is 0. The van der Waals surface area contributed by atoms with Crippen LogP contribution in [0.15, 0.2) is 0 Å². The minimum atomic E-state index is -3.83. The first-order valence-corrected chi connectivity index (χ1v) is 5.87. The zero-order valence-corrected chi connectivity index (χ0v) is 9.74. The highest BCUT2D eigenvalue weighted by atomic mass is 32.9. The van der Waals surface area contributed by atoms with Crippen molar-refractivity contribution >= 4 is 30.4 Å². The number of hydrogen-bond acceptors (Lipinski definition) is 4. The highest BCUT2D eigenvalue weighted by Gasteiger charge is 1.81. The molecule has 0 atom stereocenters. The van der Waals surface area contributed by atoms with E-state index in [4.69, 9.17) is 17.9 Å². The van der Waals surface area contributed by atoms with Crippen LogP contribution < -0.4 is 0 Å². The molecule has 0 amide bonds. The summed E-state index contributed by atoms with van der Waals surface area (Å²) in [4.78, 5) is 0. The van der Waals surface area contributed by atoms with Gasteiger partial charge in [0.2, 0.25) is 0 Å². The lowest BCUT2D eigenvalue weighted by Gasteiger charge is -1.73. The van der Waals surface area contributed by atoms with E-state index in [1.807, 2.05) is 0 Å². The van der Waals surface area contributed by atoms with Crippen LogP contribution in [0.1, 0.15) is 0 Å². The molecular weight excluding hydrogens is 284 g/mol. The van der Waals surface area contributed by atoms with Gasteiger partial charge < -0.3 is 27.4 Å². The van der Waals surface area contributed by atoms with E-state index in [-0.39, 0.29) is 27.4 Å². The van der Waals surface area contributed by atoms with Gasteiger partial charge in [0, 0.05) is 11.2 Å². The lowest BCUT2D eigenvalue weighted by atomic mass is 12.0. The van der Waals surface area contributed by atoms with Crippen LogP contribution in [0.25, 0.3) is 0 Å². The van der Waals surface area contributed by atoms with Crippen molar-refractivity contribution in [2.75, 3.05) is 6.26 Å². The lowest BCUT2D eigenvalue weighted by molar-refractivity contribution is 0.450. The Hall–Kier alpha value is -0.0000000000000000833. The molecule has 0 spiro atoms. The fraction of sp³-hybridized carbons (Fsp3) is 1.00. The van der Waals surface area contributed by atoms with Gasteiger partial charge in [-0.15, -0.1) is 0 Å². The molecule has 15 heavy (non-hydrogen) atoms.